The molecule has 2 bridgehead atoms. The summed E-state index contributed by atoms with van der Waals surface area (Å²) < 4.78 is 36.3. The highest BCUT2D eigenvalue weighted by Crippen LogP contribution is 2.35. The second-order valence-electron chi connectivity index (χ2n) is 10.6. The Morgan fingerprint density at radius 2 is 1.92 bits per heavy atom. The average Bonchev–Trinajstić information content (AvgIpc) is 3.62. The highest BCUT2D eigenvalue weighted by atomic mass is 32.2. The van der Waals surface area contributed by atoms with E-state index in [0.29, 0.717) is 30.3 Å². The third kappa shape index (κ3) is 4.92. The fourth-order valence-corrected chi connectivity index (χ4v) is 6.61. The van der Waals surface area contributed by atoms with Gasteiger partial charge in [0, 0.05) is 30.8 Å². The van der Waals surface area contributed by atoms with Crippen LogP contribution in [0.15, 0.2) is 24.4 Å². The first-order chi connectivity index (χ1) is 17.8. The molecule has 0 radical (unpaired) electrons. The predicted octanol–water partition coefficient (Wildman–Crippen LogP) is 2.33. The Labute approximate surface area is 217 Å². The van der Waals surface area contributed by atoms with Gasteiger partial charge in [0.15, 0.2) is 5.82 Å². The summed E-state index contributed by atoms with van der Waals surface area (Å²) in [6.07, 6.45) is 6.51. The van der Waals surface area contributed by atoms with Crippen molar-refractivity contribution in [3.8, 4) is 11.8 Å². The first-order valence-corrected chi connectivity index (χ1v) is 15.0. The Hall–Kier alpha value is -2.76. The highest BCUT2D eigenvalue weighted by Gasteiger charge is 2.40. The minimum Gasteiger partial charge on any atom is -0.467 e. The van der Waals surface area contributed by atoms with Gasteiger partial charge in [-0.3, -0.25) is 0 Å². The molecule has 2 atom stereocenters. The summed E-state index contributed by atoms with van der Waals surface area (Å²) in [6.45, 7) is 6.15. The molecule has 37 heavy (non-hydrogen) atoms. The second-order valence-corrected chi connectivity index (χ2v) is 12.9. The number of rotatable bonds is 7. The molecule has 1 aromatic carbocycles. The van der Waals surface area contributed by atoms with E-state index in [1.807, 2.05) is 16.9 Å². The summed E-state index contributed by atoms with van der Waals surface area (Å²) in [4.78, 5) is 13.8. The van der Waals surface area contributed by atoms with Gasteiger partial charge in [-0.15, -0.1) is 0 Å². The van der Waals surface area contributed by atoms with E-state index in [2.05, 4.69) is 38.8 Å². The number of likely N-dealkylation sites (tertiary alicyclic amines) is 1. The Kier molecular flexibility index (Phi) is 6.32. The molecule has 0 N–H and O–H groups in total. The van der Waals surface area contributed by atoms with Crippen LogP contribution in [0, 0.1) is 6.92 Å². The summed E-state index contributed by atoms with van der Waals surface area (Å²) in [6, 6.07) is 7.13. The summed E-state index contributed by atoms with van der Waals surface area (Å²) in [5, 5.41) is 5.77. The zero-order valence-corrected chi connectivity index (χ0v) is 22.4. The number of benzene rings is 1. The Bertz CT molecular complexity index is 1420. The third-order valence-corrected chi connectivity index (χ3v) is 8.96. The maximum atomic E-state index is 11.6. The average molecular weight is 527 g/mol. The Balaban J connectivity index is 1.28. The van der Waals surface area contributed by atoms with E-state index in [1.165, 1.54) is 17.4 Å². The number of aromatic nitrogens is 4. The van der Waals surface area contributed by atoms with Crippen molar-refractivity contribution in [3.63, 3.8) is 0 Å². The van der Waals surface area contributed by atoms with Crippen molar-refractivity contribution in [2.45, 2.75) is 44.2 Å². The molecule has 0 unspecified atom stereocenters. The van der Waals surface area contributed by atoms with E-state index >= 15 is 0 Å². The molecule has 0 amide bonds. The van der Waals surface area contributed by atoms with Gasteiger partial charge in [-0.05, 0) is 68.5 Å². The largest absolute Gasteiger partial charge is 0.467 e. The lowest BCUT2D eigenvalue weighted by Gasteiger charge is -2.32. The first kappa shape index (κ1) is 24.6. The third-order valence-electron chi connectivity index (χ3n) is 8.03. The number of sulfone groups is 1. The van der Waals surface area contributed by atoms with Crippen molar-refractivity contribution in [2.24, 2.45) is 0 Å². The highest BCUT2D eigenvalue weighted by molar-refractivity contribution is 7.90. The van der Waals surface area contributed by atoms with E-state index in [4.69, 9.17) is 14.6 Å². The topological polar surface area (TPSA) is 103 Å². The van der Waals surface area contributed by atoms with Crippen LogP contribution >= 0.6 is 0 Å². The molecule has 3 saturated heterocycles. The first-order valence-electron chi connectivity index (χ1n) is 13.0. The van der Waals surface area contributed by atoms with Crippen molar-refractivity contribution >= 4 is 26.6 Å². The summed E-state index contributed by atoms with van der Waals surface area (Å²) >= 11 is 0. The van der Waals surface area contributed by atoms with Gasteiger partial charge in [0.05, 0.1) is 43.3 Å². The number of morpholine rings is 1. The zero-order chi connectivity index (χ0) is 25.7. The smallest absolute Gasteiger partial charge is 0.320 e. The van der Waals surface area contributed by atoms with Crippen LogP contribution in [-0.2, 0) is 14.6 Å². The van der Waals surface area contributed by atoms with Crippen LogP contribution in [0.25, 0.3) is 16.7 Å². The minimum absolute atomic E-state index is 0.220. The number of nitrogens with zero attached hydrogens (tertiary/aromatic N) is 6. The lowest BCUT2D eigenvalue weighted by molar-refractivity contribution is 0.0988. The second kappa shape index (κ2) is 9.52. The van der Waals surface area contributed by atoms with Crippen LogP contribution < -0.4 is 9.64 Å². The summed E-state index contributed by atoms with van der Waals surface area (Å²) in [5.74, 6) is 2.18. The van der Waals surface area contributed by atoms with Crippen LogP contribution in [0.1, 0.15) is 36.3 Å². The molecule has 3 fully saturated rings. The number of hydrogen-bond acceptors (Lipinski definition) is 9. The normalized spacial score (nSPS) is 22.8. The van der Waals surface area contributed by atoms with Crippen molar-refractivity contribution < 1.29 is 17.9 Å². The number of aryl methyl sites for hydroxylation is 1. The van der Waals surface area contributed by atoms with Crippen molar-refractivity contribution in [1.29, 1.82) is 0 Å². The Morgan fingerprint density at radius 1 is 1.14 bits per heavy atom. The molecule has 10 nitrogen and oxygen atoms in total. The minimum atomic E-state index is -2.94. The fourth-order valence-electron chi connectivity index (χ4n) is 6.02. The van der Waals surface area contributed by atoms with Crippen molar-refractivity contribution in [1.82, 2.24) is 24.6 Å². The molecule has 3 aromatic rings. The van der Waals surface area contributed by atoms with E-state index < -0.39 is 9.84 Å². The molecule has 5 heterocycles. The van der Waals surface area contributed by atoms with E-state index in [0.717, 1.165) is 62.2 Å². The molecular formula is C26H34N6O4S. The van der Waals surface area contributed by atoms with Crippen LogP contribution in [0.3, 0.4) is 0 Å². The number of anilines is 1. The lowest BCUT2D eigenvalue weighted by Crippen LogP contribution is -2.37. The van der Waals surface area contributed by atoms with Crippen molar-refractivity contribution in [2.75, 3.05) is 56.8 Å². The van der Waals surface area contributed by atoms with Gasteiger partial charge in [-0.2, -0.15) is 15.1 Å². The van der Waals surface area contributed by atoms with Gasteiger partial charge in [0.1, 0.15) is 15.7 Å². The van der Waals surface area contributed by atoms with Gasteiger partial charge >= 0.3 is 6.01 Å². The van der Waals surface area contributed by atoms with Gasteiger partial charge in [-0.25, -0.2) is 13.1 Å². The molecular weight excluding hydrogens is 492 g/mol. The van der Waals surface area contributed by atoms with E-state index in [9.17, 15) is 8.42 Å². The number of ether oxygens (including phenoxy) is 2. The lowest BCUT2D eigenvalue weighted by atomic mass is 9.86. The number of hydrogen-bond donors (Lipinski definition) is 0. The van der Waals surface area contributed by atoms with Crippen LogP contribution in [0.5, 0.6) is 6.01 Å². The summed E-state index contributed by atoms with van der Waals surface area (Å²) in [5.41, 5.74) is 3.60. The van der Waals surface area contributed by atoms with Gasteiger partial charge < -0.3 is 19.3 Å². The molecule has 3 aliphatic rings. The van der Waals surface area contributed by atoms with Crippen LogP contribution in [-0.4, -0.2) is 97.1 Å². The fraction of sp³-hybridized carbons (Fsp3) is 0.577. The monoisotopic (exact) mass is 526 g/mol. The number of fused-ring (bicyclic) bond motifs is 3. The molecule has 2 aromatic heterocycles. The van der Waals surface area contributed by atoms with Crippen molar-refractivity contribution in [3.05, 3.63) is 35.5 Å². The quantitative estimate of drug-likeness (QED) is 0.459. The maximum absolute atomic E-state index is 11.6. The van der Waals surface area contributed by atoms with E-state index in [1.54, 1.807) is 7.11 Å². The zero-order valence-electron chi connectivity index (χ0n) is 21.6. The van der Waals surface area contributed by atoms with Gasteiger partial charge in [0.25, 0.3) is 0 Å². The standard InChI is InChI=1S/C26H34N6O4S/c1-17-10-19-14-27-32(23(19)12-22(17)18-4-6-30(7-5-18)8-9-37(3,33)34)25-13-24(28-26(29-25)35-2)31-15-21-11-20(31)16-36-21/h10,12-14,18,20-21H,4-9,11,15-16H2,1-3H3/t20-,21-/m1/s1. The van der Waals surface area contributed by atoms with Crippen LogP contribution in [0.2, 0.25) is 0 Å². The molecule has 198 valence electrons. The molecule has 11 heteroatoms. The molecule has 0 spiro atoms. The molecule has 6 rings (SSSR count). The number of piperidine rings is 1. The van der Waals surface area contributed by atoms with E-state index in [-0.39, 0.29) is 11.9 Å². The molecule has 0 saturated carbocycles. The molecule has 0 aliphatic carbocycles. The summed E-state index contributed by atoms with van der Waals surface area (Å²) in [7, 11) is -1.35. The number of methoxy groups -OCH3 is 1. The SMILES string of the molecule is COc1nc(N2C[C@H]3C[C@@H]2CO3)cc(-n2ncc3cc(C)c(C4CCN(CCS(C)(=O)=O)CC4)cc32)n1. The van der Waals surface area contributed by atoms with Crippen LogP contribution in [0.4, 0.5) is 5.82 Å². The van der Waals surface area contributed by atoms with Gasteiger partial charge in [0.2, 0.25) is 0 Å². The van der Waals surface area contributed by atoms with Gasteiger partial charge in [-0.1, -0.05) is 0 Å². The Morgan fingerprint density at radius 3 is 2.59 bits per heavy atom. The maximum Gasteiger partial charge on any atom is 0.320 e. The molecule has 3 aliphatic heterocycles. The predicted molar refractivity (Wildman–Crippen MR) is 142 cm³/mol.